The summed E-state index contributed by atoms with van der Waals surface area (Å²) in [4.78, 5) is 63.9. The van der Waals surface area contributed by atoms with E-state index in [0.29, 0.717) is 34.1 Å². The van der Waals surface area contributed by atoms with Gasteiger partial charge in [0.15, 0.2) is 0 Å². The Balaban J connectivity index is 1.44. The van der Waals surface area contributed by atoms with E-state index in [4.69, 9.17) is 18.6 Å². The molecule has 3 amide bonds. The smallest absolute Gasteiger partial charge is 0.340 e. The highest BCUT2D eigenvalue weighted by Crippen LogP contribution is 2.36. The summed E-state index contributed by atoms with van der Waals surface area (Å²) in [5, 5.41) is 4.90. The number of ether oxygens (including phenoxy) is 3. The van der Waals surface area contributed by atoms with Crippen LogP contribution in [0.1, 0.15) is 35.7 Å². The number of carbonyl (C=O) groups is 5. The van der Waals surface area contributed by atoms with Gasteiger partial charge in [0.2, 0.25) is 0 Å². The summed E-state index contributed by atoms with van der Waals surface area (Å²) in [6.07, 6.45) is 1.41. The van der Waals surface area contributed by atoms with E-state index in [-0.39, 0.29) is 30.1 Å². The van der Waals surface area contributed by atoms with Crippen molar-refractivity contribution >= 4 is 47.1 Å². The molecule has 2 N–H and O–H groups in total. The summed E-state index contributed by atoms with van der Waals surface area (Å²) in [6.45, 7) is 3.44. The number of methoxy groups -OCH3 is 2. The zero-order chi connectivity index (χ0) is 31.1. The minimum Gasteiger partial charge on any atom is -0.497 e. The predicted octanol–water partition coefficient (Wildman–Crippen LogP) is 3.60. The van der Waals surface area contributed by atoms with Gasteiger partial charge < -0.3 is 29.3 Å². The molecule has 2 heterocycles. The third-order valence-corrected chi connectivity index (χ3v) is 6.35. The second-order valence-electron chi connectivity index (χ2n) is 9.09. The molecular formula is C31H29N3O9. The van der Waals surface area contributed by atoms with Crippen molar-refractivity contribution in [3.8, 4) is 5.75 Å². The minimum absolute atomic E-state index is 0.0606. The lowest BCUT2D eigenvalue weighted by atomic mass is 10.1. The van der Waals surface area contributed by atoms with Crippen molar-refractivity contribution in [3.63, 3.8) is 0 Å². The molecule has 0 atom stereocenters. The number of benzene rings is 2. The van der Waals surface area contributed by atoms with Gasteiger partial charge in [-0.2, -0.15) is 0 Å². The summed E-state index contributed by atoms with van der Waals surface area (Å²) in [6, 6.07) is 15.9. The van der Waals surface area contributed by atoms with Crippen LogP contribution in [-0.2, 0) is 35.2 Å². The lowest BCUT2D eigenvalue weighted by Crippen LogP contribution is -2.34. The van der Waals surface area contributed by atoms with Gasteiger partial charge >= 0.3 is 23.8 Å². The Hall–Kier alpha value is -5.65. The summed E-state index contributed by atoms with van der Waals surface area (Å²) in [5.74, 6) is -2.43. The Kier molecular flexibility index (Phi) is 9.40. The summed E-state index contributed by atoms with van der Waals surface area (Å²) < 4.78 is 20.9. The highest BCUT2D eigenvalue weighted by Gasteiger charge is 2.38. The Morgan fingerprint density at radius 1 is 0.953 bits per heavy atom. The summed E-state index contributed by atoms with van der Waals surface area (Å²) in [5.41, 5.74) is 1.64. The quantitative estimate of drug-likeness (QED) is 0.217. The molecule has 0 radical (unpaired) electrons. The topological polar surface area (TPSA) is 153 Å². The second-order valence-corrected chi connectivity index (χ2v) is 9.09. The minimum atomic E-state index is -0.921. The third-order valence-electron chi connectivity index (χ3n) is 6.35. The van der Waals surface area contributed by atoms with Gasteiger partial charge in [0.25, 0.3) is 5.91 Å². The van der Waals surface area contributed by atoms with E-state index in [1.54, 1.807) is 50.2 Å². The lowest BCUT2D eigenvalue weighted by molar-refractivity contribution is -0.136. The standard InChI is InChI=1S/C31H29N3O9/c1-5-42-30(38)19-9-11-20(12-10-19)33-28(36)27(35)32-17-24-14-13-23(43-24)16-25-26(31(39)41-4)18(2)34(29(25)37)21-7-6-8-22(15-21)40-3/h6-16H,5,17H2,1-4H3,(H,32,35)(H,33,36)/b25-16+. The summed E-state index contributed by atoms with van der Waals surface area (Å²) >= 11 is 0. The lowest BCUT2D eigenvalue weighted by Gasteiger charge is -2.18. The van der Waals surface area contributed by atoms with Crippen molar-refractivity contribution in [1.29, 1.82) is 0 Å². The monoisotopic (exact) mass is 587 g/mol. The van der Waals surface area contributed by atoms with Crippen LogP contribution in [0.25, 0.3) is 6.08 Å². The third kappa shape index (κ3) is 6.81. The number of hydrogen-bond donors (Lipinski definition) is 2. The average molecular weight is 588 g/mol. The predicted molar refractivity (Wildman–Crippen MR) is 155 cm³/mol. The number of hydrogen-bond acceptors (Lipinski definition) is 9. The van der Waals surface area contributed by atoms with Gasteiger partial charge in [-0.3, -0.25) is 19.3 Å². The van der Waals surface area contributed by atoms with E-state index in [9.17, 15) is 24.0 Å². The Labute approximate surface area is 246 Å². The van der Waals surface area contributed by atoms with Gasteiger partial charge in [0.05, 0.1) is 49.8 Å². The molecule has 0 unspecified atom stereocenters. The van der Waals surface area contributed by atoms with Crippen LogP contribution in [0.3, 0.4) is 0 Å². The highest BCUT2D eigenvalue weighted by atomic mass is 16.5. The molecule has 0 saturated carbocycles. The molecule has 1 aromatic heterocycles. The fraction of sp³-hybridized carbons (Fsp3) is 0.194. The first kappa shape index (κ1) is 30.3. The van der Waals surface area contributed by atoms with E-state index in [1.807, 2.05) is 0 Å². The number of anilines is 2. The van der Waals surface area contributed by atoms with Crippen molar-refractivity contribution in [3.05, 3.63) is 94.6 Å². The van der Waals surface area contributed by atoms with Crippen LogP contribution in [0.5, 0.6) is 5.75 Å². The number of nitrogens with zero attached hydrogens (tertiary/aromatic N) is 1. The Morgan fingerprint density at radius 2 is 1.70 bits per heavy atom. The molecule has 0 aliphatic carbocycles. The fourth-order valence-electron chi connectivity index (χ4n) is 4.29. The second kappa shape index (κ2) is 13.3. The molecule has 12 nitrogen and oxygen atoms in total. The molecule has 0 saturated heterocycles. The number of allylic oxidation sites excluding steroid dienone is 1. The molecule has 1 aliphatic heterocycles. The molecule has 3 aromatic rings. The number of furan rings is 1. The van der Waals surface area contributed by atoms with Crippen molar-refractivity contribution in [2.75, 3.05) is 31.0 Å². The number of rotatable bonds is 9. The van der Waals surface area contributed by atoms with Gasteiger partial charge in [0.1, 0.15) is 17.3 Å². The molecule has 2 aromatic carbocycles. The fourth-order valence-corrected chi connectivity index (χ4v) is 4.29. The van der Waals surface area contributed by atoms with Gasteiger partial charge in [-0.05, 0) is 68.5 Å². The highest BCUT2D eigenvalue weighted by molar-refractivity contribution is 6.39. The molecule has 222 valence electrons. The van der Waals surface area contributed by atoms with Crippen LogP contribution in [0.4, 0.5) is 11.4 Å². The molecule has 0 bridgehead atoms. The Bertz CT molecular complexity index is 1630. The molecule has 12 heteroatoms. The van der Waals surface area contributed by atoms with Crippen molar-refractivity contribution in [2.24, 2.45) is 0 Å². The SMILES string of the molecule is CCOC(=O)c1ccc(NC(=O)C(=O)NCc2ccc(/C=C3/C(=O)N(c4cccc(OC)c4)C(C)=C3C(=O)OC)o2)cc1. The van der Waals surface area contributed by atoms with E-state index in [0.717, 1.165) is 0 Å². The van der Waals surface area contributed by atoms with E-state index >= 15 is 0 Å². The Morgan fingerprint density at radius 3 is 2.37 bits per heavy atom. The number of esters is 2. The largest absolute Gasteiger partial charge is 0.497 e. The van der Waals surface area contributed by atoms with Crippen LogP contribution in [0.15, 0.2) is 81.9 Å². The van der Waals surface area contributed by atoms with Crippen LogP contribution < -0.4 is 20.3 Å². The van der Waals surface area contributed by atoms with Crippen molar-refractivity contribution in [1.82, 2.24) is 5.32 Å². The van der Waals surface area contributed by atoms with Gasteiger partial charge in [-0.25, -0.2) is 9.59 Å². The number of amides is 3. The first-order chi connectivity index (χ1) is 20.7. The number of nitrogens with one attached hydrogen (secondary N) is 2. The number of carbonyl (C=O) groups excluding carboxylic acids is 5. The first-order valence-electron chi connectivity index (χ1n) is 13.1. The van der Waals surface area contributed by atoms with Crippen molar-refractivity contribution in [2.45, 2.75) is 20.4 Å². The maximum atomic E-state index is 13.5. The normalized spacial score (nSPS) is 13.6. The first-order valence-corrected chi connectivity index (χ1v) is 13.1. The van der Waals surface area contributed by atoms with Gasteiger partial charge in [-0.15, -0.1) is 0 Å². The van der Waals surface area contributed by atoms with Crippen LogP contribution in [-0.4, -0.2) is 50.5 Å². The van der Waals surface area contributed by atoms with E-state index < -0.39 is 29.7 Å². The van der Waals surface area contributed by atoms with Crippen LogP contribution in [0, 0.1) is 0 Å². The summed E-state index contributed by atoms with van der Waals surface area (Å²) in [7, 11) is 2.73. The molecule has 0 fully saturated rings. The van der Waals surface area contributed by atoms with Gasteiger partial charge in [-0.1, -0.05) is 6.07 Å². The molecule has 4 rings (SSSR count). The molecule has 0 spiro atoms. The van der Waals surface area contributed by atoms with E-state index in [1.165, 1.54) is 49.5 Å². The molecular weight excluding hydrogens is 558 g/mol. The van der Waals surface area contributed by atoms with Gasteiger partial charge in [0, 0.05) is 17.5 Å². The zero-order valence-corrected chi connectivity index (χ0v) is 23.9. The molecule has 1 aliphatic rings. The average Bonchev–Trinajstić information content (AvgIpc) is 3.56. The maximum absolute atomic E-state index is 13.5. The molecule has 43 heavy (non-hydrogen) atoms. The maximum Gasteiger partial charge on any atom is 0.340 e. The zero-order valence-electron chi connectivity index (χ0n) is 23.9. The van der Waals surface area contributed by atoms with Crippen LogP contribution in [0.2, 0.25) is 0 Å². The van der Waals surface area contributed by atoms with E-state index in [2.05, 4.69) is 10.6 Å². The van der Waals surface area contributed by atoms with Crippen molar-refractivity contribution < 1.29 is 42.6 Å². The van der Waals surface area contributed by atoms with Crippen LogP contribution >= 0.6 is 0 Å².